The molecule has 38 heavy (non-hydrogen) atoms. The van der Waals surface area contributed by atoms with Gasteiger partial charge in [0.1, 0.15) is 6.10 Å². The molecule has 6 heteroatoms. The molecule has 4 aliphatic rings. The number of aliphatic hydroxyl groups is 2. The highest BCUT2D eigenvalue weighted by molar-refractivity contribution is 5.73. The second kappa shape index (κ2) is 10.2. The van der Waals surface area contributed by atoms with Crippen molar-refractivity contribution < 1.29 is 29.6 Å². The van der Waals surface area contributed by atoms with Crippen LogP contribution in [-0.2, 0) is 14.3 Å². The van der Waals surface area contributed by atoms with Crippen molar-refractivity contribution in [1.82, 2.24) is 0 Å². The largest absolute Gasteiger partial charge is 0.481 e. The summed E-state index contributed by atoms with van der Waals surface area (Å²) in [7, 11) is 0. The minimum atomic E-state index is -0.852. The molecule has 216 valence electrons. The third kappa shape index (κ3) is 4.46. The van der Waals surface area contributed by atoms with Crippen LogP contribution in [0.2, 0.25) is 0 Å². The van der Waals surface area contributed by atoms with Crippen molar-refractivity contribution in [2.45, 2.75) is 119 Å². The average Bonchev–Trinajstić information content (AvgIpc) is 3.08. The number of ether oxygens (including phenoxy) is 1. The van der Waals surface area contributed by atoms with Crippen LogP contribution in [0.25, 0.3) is 0 Å². The van der Waals surface area contributed by atoms with E-state index in [1.54, 1.807) is 0 Å². The van der Waals surface area contributed by atoms with Gasteiger partial charge in [-0.3, -0.25) is 9.59 Å². The van der Waals surface area contributed by atoms with Crippen LogP contribution in [0.4, 0.5) is 0 Å². The summed E-state index contributed by atoms with van der Waals surface area (Å²) in [5, 5.41) is 33.1. The minimum Gasteiger partial charge on any atom is -0.481 e. The highest BCUT2D eigenvalue weighted by atomic mass is 16.5. The van der Waals surface area contributed by atoms with E-state index in [1.807, 2.05) is 33.8 Å². The lowest BCUT2D eigenvalue weighted by molar-refractivity contribution is -0.240. The van der Waals surface area contributed by atoms with Gasteiger partial charge in [-0.2, -0.15) is 0 Å². The summed E-state index contributed by atoms with van der Waals surface area (Å²) in [6.45, 7) is 16.7. The topological polar surface area (TPSA) is 104 Å². The van der Waals surface area contributed by atoms with E-state index in [1.165, 1.54) is 0 Å². The maximum absolute atomic E-state index is 12.9. The maximum atomic E-state index is 12.9. The lowest BCUT2D eigenvalue weighted by Gasteiger charge is -2.69. The van der Waals surface area contributed by atoms with Gasteiger partial charge in [-0.05, 0) is 98.7 Å². The number of rotatable bonds is 6. The first-order valence-corrected chi connectivity index (χ1v) is 15.0. The number of carboxylic acids is 1. The third-order valence-electron chi connectivity index (χ3n) is 12.3. The van der Waals surface area contributed by atoms with Crippen molar-refractivity contribution in [3.05, 3.63) is 11.6 Å². The van der Waals surface area contributed by atoms with Gasteiger partial charge in [0.25, 0.3) is 0 Å². The lowest BCUT2D eigenvalue weighted by Crippen LogP contribution is -2.66. The van der Waals surface area contributed by atoms with Gasteiger partial charge in [0, 0.05) is 5.92 Å². The summed E-state index contributed by atoms with van der Waals surface area (Å²) in [5.41, 5.74) is 0.493. The quantitative estimate of drug-likeness (QED) is 0.293. The first-order chi connectivity index (χ1) is 17.6. The number of carbonyl (C=O) groups is 2. The highest BCUT2D eigenvalue weighted by Crippen LogP contribution is 2.74. The maximum Gasteiger partial charge on any atom is 0.308 e. The van der Waals surface area contributed by atoms with Crippen LogP contribution >= 0.6 is 0 Å². The van der Waals surface area contributed by atoms with Crippen molar-refractivity contribution in [3.63, 3.8) is 0 Å². The number of aliphatic hydroxyl groups excluding tert-OH is 2. The van der Waals surface area contributed by atoms with E-state index in [4.69, 9.17) is 4.74 Å². The summed E-state index contributed by atoms with van der Waals surface area (Å²) in [5.74, 6) is -1.87. The molecule has 0 bridgehead atoms. The van der Waals surface area contributed by atoms with E-state index in [9.17, 15) is 24.9 Å². The van der Waals surface area contributed by atoms with E-state index in [0.717, 1.165) is 31.3 Å². The van der Waals surface area contributed by atoms with Crippen molar-refractivity contribution in [2.75, 3.05) is 0 Å². The Morgan fingerprint density at radius 1 is 1.00 bits per heavy atom. The molecule has 0 aromatic heterocycles. The third-order valence-corrected chi connectivity index (χ3v) is 12.3. The lowest BCUT2D eigenvalue weighted by atomic mass is 9.36. The Morgan fingerprint density at radius 2 is 1.66 bits per heavy atom. The fourth-order valence-corrected chi connectivity index (χ4v) is 10.2. The van der Waals surface area contributed by atoms with Gasteiger partial charge in [-0.1, -0.05) is 53.2 Å². The molecule has 0 heterocycles. The molecule has 0 aliphatic heterocycles. The smallest absolute Gasteiger partial charge is 0.308 e. The molecule has 3 N–H and O–H groups in total. The predicted molar refractivity (Wildman–Crippen MR) is 147 cm³/mol. The Hall–Kier alpha value is -1.40. The Morgan fingerprint density at radius 3 is 2.24 bits per heavy atom. The van der Waals surface area contributed by atoms with Gasteiger partial charge in [-0.25, -0.2) is 0 Å². The first kappa shape index (κ1) is 29.6. The van der Waals surface area contributed by atoms with E-state index < -0.39 is 24.1 Å². The van der Waals surface area contributed by atoms with Gasteiger partial charge < -0.3 is 20.1 Å². The van der Waals surface area contributed by atoms with Crippen molar-refractivity contribution in [2.24, 2.45) is 57.7 Å². The zero-order valence-corrected chi connectivity index (χ0v) is 24.9. The van der Waals surface area contributed by atoms with Crippen LogP contribution in [0, 0.1) is 57.7 Å². The normalized spacial score (nSPS) is 46.9. The molecule has 0 saturated heterocycles. The molecule has 0 aromatic carbocycles. The Kier molecular flexibility index (Phi) is 7.95. The van der Waals surface area contributed by atoms with Crippen LogP contribution in [0.3, 0.4) is 0 Å². The van der Waals surface area contributed by atoms with Gasteiger partial charge in [0.2, 0.25) is 0 Å². The monoisotopic (exact) mass is 532 g/mol. The summed E-state index contributed by atoms with van der Waals surface area (Å²) in [6, 6.07) is 0. The molecule has 0 spiro atoms. The Bertz CT molecular complexity index is 954. The fraction of sp³-hybridized carbons (Fsp3) is 0.875. The number of esters is 1. The molecule has 0 radical (unpaired) electrons. The van der Waals surface area contributed by atoms with E-state index in [0.29, 0.717) is 25.2 Å². The van der Waals surface area contributed by atoms with Crippen molar-refractivity contribution >= 4 is 11.9 Å². The fourth-order valence-electron chi connectivity index (χ4n) is 10.2. The number of allylic oxidation sites excluding steroid dienone is 2. The van der Waals surface area contributed by atoms with E-state index in [-0.39, 0.29) is 57.9 Å². The molecule has 6 nitrogen and oxygen atoms in total. The molecule has 0 amide bonds. The Balaban J connectivity index is 1.79. The molecule has 12 atom stereocenters. The van der Waals surface area contributed by atoms with Crippen LogP contribution < -0.4 is 0 Å². The van der Waals surface area contributed by atoms with Gasteiger partial charge in [-0.15, -0.1) is 0 Å². The number of carboxylic acid groups (broad SMARTS) is 1. The van der Waals surface area contributed by atoms with Crippen LogP contribution in [0.15, 0.2) is 11.6 Å². The molecular weight excluding hydrogens is 480 g/mol. The number of fused-ring (bicyclic) bond motifs is 5. The van der Waals surface area contributed by atoms with Crippen LogP contribution in [-0.4, -0.2) is 45.6 Å². The number of hydrogen-bond acceptors (Lipinski definition) is 5. The first-order valence-electron chi connectivity index (χ1n) is 15.0. The summed E-state index contributed by atoms with van der Waals surface area (Å²) in [4.78, 5) is 25.6. The Labute approximate surface area is 229 Å². The summed E-state index contributed by atoms with van der Waals surface area (Å²) < 4.78 is 6.17. The van der Waals surface area contributed by atoms with E-state index in [2.05, 4.69) is 27.7 Å². The predicted octanol–water partition coefficient (Wildman–Crippen LogP) is 5.85. The molecular formula is C32H52O6. The average molecular weight is 533 g/mol. The van der Waals surface area contributed by atoms with Crippen LogP contribution in [0.5, 0.6) is 0 Å². The highest BCUT2D eigenvalue weighted by Gasteiger charge is 2.72. The number of aliphatic carboxylic acids is 1. The van der Waals surface area contributed by atoms with Crippen LogP contribution in [0.1, 0.15) is 100 Å². The molecule has 3 unspecified atom stereocenters. The second-order valence-corrected chi connectivity index (χ2v) is 14.7. The number of hydrogen-bond donors (Lipinski definition) is 3. The molecule has 0 aromatic rings. The van der Waals surface area contributed by atoms with E-state index >= 15 is 0 Å². The molecule has 4 saturated carbocycles. The minimum absolute atomic E-state index is 0.0536. The van der Waals surface area contributed by atoms with Gasteiger partial charge >= 0.3 is 11.9 Å². The second-order valence-electron chi connectivity index (χ2n) is 14.7. The zero-order chi connectivity index (χ0) is 28.4. The summed E-state index contributed by atoms with van der Waals surface area (Å²) >= 11 is 0. The van der Waals surface area contributed by atoms with Crippen molar-refractivity contribution in [1.29, 1.82) is 0 Å². The molecule has 4 fully saturated rings. The summed E-state index contributed by atoms with van der Waals surface area (Å²) in [6.07, 6.45) is 5.83. The van der Waals surface area contributed by atoms with Crippen molar-refractivity contribution in [3.8, 4) is 0 Å². The zero-order valence-electron chi connectivity index (χ0n) is 24.9. The number of carbonyl (C=O) groups excluding carboxylic acids is 1. The van der Waals surface area contributed by atoms with Gasteiger partial charge in [0.05, 0.1) is 24.0 Å². The standard InChI is InChI=1S/C32H52O6/c1-17(2)9-10-20(28(35)36)26-22-15-24(34)27-30(6)13-12-23(33)19(5)21(30)11-14-31(27,7)32(22,8)16-25(26)38-29(37)18(3)4/h9,18-27,33-34H,10-16H2,1-8H3,(H,35,36)/t19-,20+,21?,22?,23+,24+,25-,26+,27?,30-,31-,32-/m0/s1. The molecule has 4 rings (SSSR count). The SMILES string of the molecule is CC(C)=CC[C@@H](C(=O)O)[C@@H]1C2C[C@@H](O)C3[C@@]4(C)CC[C@@H](O)[C@@H](C)C4CC[C@]3(C)[C@@]2(C)C[C@@H]1OC(=O)C(C)C. The molecule has 4 aliphatic carbocycles. The van der Waals surface area contributed by atoms with Gasteiger partial charge in [0.15, 0.2) is 0 Å².